The molecule has 7 nitrogen and oxygen atoms in total. The second kappa shape index (κ2) is 5.77. The Morgan fingerprint density at radius 3 is 2.82 bits per heavy atom. The van der Waals surface area contributed by atoms with Gasteiger partial charge >= 0.3 is 6.03 Å². The number of aromatic nitrogens is 1. The lowest BCUT2D eigenvalue weighted by atomic mass is 9.66. The number of carbonyl (C=O) groups is 3. The molecular weight excluding hydrogens is 356 g/mol. The summed E-state index contributed by atoms with van der Waals surface area (Å²) in [7, 11) is 1.44. The standard InChI is InChI=1S/C21H22N4O3/c1-12-6-7-15-13(9-12)10-14-11-21(18(26)23-20(28)24(2)19(21)27)16-5-3-4-8-25(16)17(14)22-15/h6-7,9-10,16H,3-5,8,11H2,1-2H3,(H,23,26,28)/t16-,21-/m1/s1. The zero-order valence-corrected chi connectivity index (χ0v) is 16.0. The SMILES string of the molecule is Cc1ccc2nc3c(cc2c1)C[C@]1(C(=O)NC(=O)N(C)C1=O)[C@H]1CCCCN31. The molecular formula is C21H22N4O3. The van der Waals surface area contributed by atoms with Crippen molar-refractivity contribution in [2.45, 2.75) is 38.6 Å². The highest BCUT2D eigenvalue weighted by molar-refractivity contribution is 6.20. The maximum Gasteiger partial charge on any atom is 0.330 e. The number of nitrogens with zero attached hydrogens (tertiary/aromatic N) is 3. The molecule has 7 heteroatoms. The lowest BCUT2D eigenvalue weighted by Crippen LogP contribution is -2.72. The van der Waals surface area contributed by atoms with Crippen LogP contribution in [-0.4, -0.2) is 47.4 Å². The van der Waals surface area contributed by atoms with Crippen LogP contribution in [0.5, 0.6) is 0 Å². The summed E-state index contributed by atoms with van der Waals surface area (Å²) in [6.07, 6.45) is 2.93. The van der Waals surface area contributed by atoms with Crippen LogP contribution >= 0.6 is 0 Å². The van der Waals surface area contributed by atoms with Crippen LogP contribution in [0.4, 0.5) is 10.6 Å². The fourth-order valence-electron chi connectivity index (χ4n) is 5.05. The predicted octanol–water partition coefficient (Wildman–Crippen LogP) is 2.15. The van der Waals surface area contributed by atoms with Crippen molar-refractivity contribution in [1.82, 2.24) is 15.2 Å². The van der Waals surface area contributed by atoms with Crippen molar-refractivity contribution in [2.75, 3.05) is 18.5 Å². The van der Waals surface area contributed by atoms with E-state index in [1.807, 2.05) is 25.1 Å². The molecule has 1 N–H and O–H groups in total. The molecule has 4 amide bonds. The van der Waals surface area contributed by atoms with Gasteiger partial charge in [-0.25, -0.2) is 9.78 Å². The Morgan fingerprint density at radius 1 is 1.18 bits per heavy atom. The third-order valence-electron chi connectivity index (χ3n) is 6.46. The number of pyridine rings is 1. The van der Waals surface area contributed by atoms with E-state index in [1.54, 1.807) is 0 Å². The van der Waals surface area contributed by atoms with Crippen molar-refractivity contribution < 1.29 is 14.4 Å². The van der Waals surface area contributed by atoms with Gasteiger partial charge in [0.1, 0.15) is 5.82 Å². The first-order valence-electron chi connectivity index (χ1n) is 9.72. The number of imide groups is 2. The topological polar surface area (TPSA) is 82.6 Å². The fraction of sp³-hybridized carbons (Fsp3) is 0.429. The van der Waals surface area contributed by atoms with Gasteiger partial charge in [0.2, 0.25) is 11.8 Å². The van der Waals surface area contributed by atoms with E-state index in [4.69, 9.17) is 4.98 Å². The molecule has 2 saturated heterocycles. The van der Waals surface area contributed by atoms with E-state index < -0.39 is 23.3 Å². The fourth-order valence-corrected chi connectivity index (χ4v) is 5.05. The van der Waals surface area contributed by atoms with Gasteiger partial charge < -0.3 is 4.90 Å². The number of hydrogen-bond donors (Lipinski definition) is 1. The van der Waals surface area contributed by atoms with E-state index >= 15 is 0 Å². The third-order valence-corrected chi connectivity index (χ3v) is 6.46. The van der Waals surface area contributed by atoms with E-state index in [0.29, 0.717) is 0 Å². The number of aryl methyl sites for hydroxylation is 1. The van der Waals surface area contributed by atoms with Gasteiger partial charge in [-0.15, -0.1) is 0 Å². The van der Waals surface area contributed by atoms with Crippen LogP contribution in [0.15, 0.2) is 24.3 Å². The maximum atomic E-state index is 13.3. The summed E-state index contributed by atoms with van der Waals surface area (Å²) in [5.74, 6) is -0.0209. The normalized spacial score (nSPS) is 27.1. The van der Waals surface area contributed by atoms with E-state index in [0.717, 1.165) is 58.6 Å². The Bertz CT molecular complexity index is 1050. The van der Waals surface area contributed by atoms with Gasteiger partial charge in [-0.2, -0.15) is 0 Å². The minimum Gasteiger partial charge on any atom is -0.352 e. The van der Waals surface area contributed by atoms with Gasteiger partial charge in [0, 0.05) is 25.4 Å². The van der Waals surface area contributed by atoms with Crippen molar-refractivity contribution in [3.8, 4) is 0 Å². The average molecular weight is 378 g/mol. The summed E-state index contributed by atoms with van der Waals surface area (Å²) < 4.78 is 0. The van der Waals surface area contributed by atoms with E-state index in [1.165, 1.54) is 7.05 Å². The highest BCUT2D eigenvalue weighted by Crippen LogP contribution is 2.47. The number of rotatable bonds is 0. The molecule has 0 radical (unpaired) electrons. The molecule has 2 fully saturated rings. The average Bonchev–Trinajstić information content (AvgIpc) is 2.69. The monoisotopic (exact) mass is 378 g/mol. The van der Waals surface area contributed by atoms with Gasteiger partial charge in [-0.1, -0.05) is 11.6 Å². The minimum absolute atomic E-state index is 0.267. The number of nitrogens with one attached hydrogen (secondary N) is 1. The van der Waals surface area contributed by atoms with E-state index in [-0.39, 0.29) is 12.5 Å². The molecule has 1 aromatic carbocycles. The molecule has 4 heterocycles. The van der Waals surface area contributed by atoms with Crippen LogP contribution in [0.1, 0.15) is 30.4 Å². The molecule has 1 aromatic heterocycles. The number of carbonyl (C=O) groups excluding carboxylic acids is 3. The summed E-state index contributed by atoms with van der Waals surface area (Å²) in [6.45, 7) is 2.78. The van der Waals surface area contributed by atoms with Gasteiger partial charge in [-0.3, -0.25) is 19.8 Å². The third kappa shape index (κ3) is 2.16. The van der Waals surface area contributed by atoms with Crippen molar-refractivity contribution in [1.29, 1.82) is 0 Å². The Hall–Kier alpha value is -2.96. The number of amides is 4. The number of anilines is 1. The molecule has 5 rings (SSSR count). The first-order valence-corrected chi connectivity index (χ1v) is 9.72. The summed E-state index contributed by atoms with van der Waals surface area (Å²) in [5.41, 5.74) is 1.65. The molecule has 1 spiro atoms. The van der Waals surface area contributed by atoms with Crippen molar-refractivity contribution >= 4 is 34.6 Å². The van der Waals surface area contributed by atoms with Crippen LogP contribution in [0.25, 0.3) is 10.9 Å². The maximum absolute atomic E-state index is 13.3. The molecule has 2 atom stereocenters. The molecule has 2 aromatic rings. The number of urea groups is 1. The van der Waals surface area contributed by atoms with Gasteiger partial charge in [0.25, 0.3) is 0 Å². The number of barbiturate groups is 1. The van der Waals surface area contributed by atoms with Crippen LogP contribution in [0, 0.1) is 12.3 Å². The van der Waals surface area contributed by atoms with Crippen LogP contribution < -0.4 is 10.2 Å². The number of fused-ring (bicyclic) bond motifs is 5. The molecule has 3 aliphatic heterocycles. The second-order valence-electron chi connectivity index (χ2n) is 8.14. The van der Waals surface area contributed by atoms with Crippen molar-refractivity contribution in [3.05, 3.63) is 35.4 Å². The number of piperidine rings is 1. The smallest absolute Gasteiger partial charge is 0.330 e. The molecule has 0 aliphatic carbocycles. The summed E-state index contributed by atoms with van der Waals surface area (Å²) >= 11 is 0. The van der Waals surface area contributed by atoms with Crippen molar-refractivity contribution in [2.24, 2.45) is 5.41 Å². The summed E-state index contributed by atoms with van der Waals surface area (Å²) in [6, 6.07) is 7.23. The molecule has 28 heavy (non-hydrogen) atoms. The number of benzene rings is 1. The van der Waals surface area contributed by atoms with Crippen LogP contribution in [0.2, 0.25) is 0 Å². The first-order chi connectivity index (χ1) is 13.4. The van der Waals surface area contributed by atoms with Gasteiger partial charge in [-0.05, 0) is 49.9 Å². The Morgan fingerprint density at radius 2 is 2.00 bits per heavy atom. The Kier molecular flexibility index (Phi) is 3.53. The minimum atomic E-state index is -1.28. The van der Waals surface area contributed by atoms with Crippen molar-refractivity contribution in [3.63, 3.8) is 0 Å². The van der Waals surface area contributed by atoms with E-state index in [2.05, 4.69) is 16.3 Å². The lowest BCUT2D eigenvalue weighted by Gasteiger charge is -2.52. The molecule has 0 saturated carbocycles. The Balaban J connectivity index is 1.73. The summed E-state index contributed by atoms with van der Waals surface area (Å²) in [4.78, 5) is 46.5. The second-order valence-corrected chi connectivity index (χ2v) is 8.14. The molecule has 0 bridgehead atoms. The largest absolute Gasteiger partial charge is 0.352 e. The van der Waals surface area contributed by atoms with E-state index in [9.17, 15) is 14.4 Å². The number of hydrogen-bond acceptors (Lipinski definition) is 5. The summed E-state index contributed by atoms with van der Waals surface area (Å²) in [5, 5.41) is 3.41. The molecule has 0 unspecified atom stereocenters. The molecule has 3 aliphatic rings. The zero-order valence-electron chi connectivity index (χ0n) is 16.0. The van der Waals surface area contributed by atoms with Gasteiger partial charge in [0.05, 0.1) is 11.6 Å². The Labute approximate surface area is 162 Å². The zero-order chi connectivity index (χ0) is 19.6. The first kappa shape index (κ1) is 17.2. The lowest BCUT2D eigenvalue weighted by molar-refractivity contribution is -0.153. The highest BCUT2D eigenvalue weighted by Gasteiger charge is 2.61. The predicted molar refractivity (Wildman–Crippen MR) is 104 cm³/mol. The quantitative estimate of drug-likeness (QED) is 0.711. The van der Waals surface area contributed by atoms with Crippen LogP contribution in [-0.2, 0) is 16.0 Å². The van der Waals surface area contributed by atoms with Gasteiger partial charge in [0.15, 0.2) is 5.41 Å². The molecule has 144 valence electrons. The van der Waals surface area contributed by atoms with Crippen LogP contribution in [0.3, 0.4) is 0 Å². The highest BCUT2D eigenvalue weighted by atomic mass is 16.2.